The Morgan fingerprint density at radius 2 is 2.24 bits per heavy atom. The molecule has 2 aromatic rings. The van der Waals surface area contributed by atoms with Crippen LogP contribution in [0.15, 0.2) is 34.1 Å². The fourth-order valence-electron chi connectivity index (χ4n) is 3.40. The van der Waals surface area contributed by atoms with Crippen LogP contribution < -0.4 is 10.9 Å². The molecule has 7 nitrogen and oxygen atoms in total. The predicted molar refractivity (Wildman–Crippen MR) is 119 cm³/mol. The maximum Gasteiger partial charge on any atom is 0.267 e. The fourth-order valence-corrected chi connectivity index (χ4v) is 4.65. The van der Waals surface area contributed by atoms with Crippen molar-refractivity contribution in [3.05, 3.63) is 45.2 Å². The lowest BCUT2D eigenvalue weighted by molar-refractivity contribution is -0.123. The number of thiocarbonyl (C=S) groups is 1. The number of thioether (sulfide) groups is 1. The molecule has 1 unspecified atom stereocenters. The van der Waals surface area contributed by atoms with Crippen molar-refractivity contribution in [3.8, 4) is 0 Å². The normalized spacial score (nSPS) is 21.1. The van der Waals surface area contributed by atoms with E-state index >= 15 is 0 Å². The van der Waals surface area contributed by atoms with E-state index in [4.69, 9.17) is 17.0 Å². The van der Waals surface area contributed by atoms with Crippen molar-refractivity contribution in [2.45, 2.75) is 38.8 Å². The first-order valence-corrected chi connectivity index (χ1v) is 10.8. The first kappa shape index (κ1) is 20.1. The highest BCUT2D eigenvalue weighted by Crippen LogP contribution is 2.34. The quantitative estimate of drug-likeness (QED) is 0.577. The van der Waals surface area contributed by atoms with Crippen LogP contribution in [0.3, 0.4) is 0 Å². The van der Waals surface area contributed by atoms with Crippen LogP contribution in [-0.2, 0) is 9.53 Å². The lowest BCUT2D eigenvalue weighted by Crippen LogP contribution is -2.35. The molecular weight excluding hydrogens is 408 g/mol. The molecule has 4 rings (SSSR count). The number of hydrogen-bond donors (Lipinski definition) is 1. The number of hydrogen-bond acceptors (Lipinski definition) is 7. The fraction of sp³-hybridized carbons (Fsp3) is 0.400. The number of nitrogens with zero attached hydrogens (tertiary/aromatic N) is 3. The molecule has 0 aromatic carbocycles. The third-order valence-electron chi connectivity index (χ3n) is 4.75. The van der Waals surface area contributed by atoms with E-state index in [0.29, 0.717) is 32.8 Å². The first-order valence-electron chi connectivity index (χ1n) is 9.59. The number of amides is 1. The van der Waals surface area contributed by atoms with E-state index < -0.39 is 0 Å². The molecule has 2 aromatic heterocycles. The van der Waals surface area contributed by atoms with Crippen molar-refractivity contribution in [2.24, 2.45) is 0 Å². The van der Waals surface area contributed by atoms with Gasteiger partial charge in [-0.3, -0.25) is 18.9 Å². The summed E-state index contributed by atoms with van der Waals surface area (Å²) in [4.78, 5) is 32.7. The summed E-state index contributed by atoms with van der Waals surface area (Å²) in [5.74, 6) is 0.268. The molecule has 2 fully saturated rings. The molecule has 0 spiro atoms. The predicted octanol–water partition coefficient (Wildman–Crippen LogP) is 2.90. The Bertz CT molecular complexity index is 1060. The Morgan fingerprint density at radius 3 is 2.97 bits per heavy atom. The monoisotopic (exact) mass is 430 g/mol. The van der Waals surface area contributed by atoms with Gasteiger partial charge in [0.25, 0.3) is 11.5 Å². The van der Waals surface area contributed by atoms with Gasteiger partial charge in [0.15, 0.2) is 0 Å². The van der Waals surface area contributed by atoms with Crippen molar-refractivity contribution < 1.29 is 9.53 Å². The van der Waals surface area contributed by atoms with Crippen LogP contribution in [-0.4, -0.2) is 49.8 Å². The van der Waals surface area contributed by atoms with Crippen LogP contribution >= 0.6 is 24.0 Å². The Morgan fingerprint density at radius 1 is 1.41 bits per heavy atom. The number of nitrogens with one attached hydrogen (secondary N) is 1. The molecule has 1 atom stereocenters. The second kappa shape index (κ2) is 8.25. The third kappa shape index (κ3) is 4.08. The molecular formula is C20H22N4O3S2. The van der Waals surface area contributed by atoms with E-state index in [9.17, 15) is 9.59 Å². The molecule has 4 heterocycles. The van der Waals surface area contributed by atoms with Crippen molar-refractivity contribution in [1.29, 1.82) is 0 Å². The number of carbonyl (C=O) groups is 1. The number of anilines is 1. The Balaban J connectivity index is 1.73. The van der Waals surface area contributed by atoms with Gasteiger partial charge in [-0.1, -0.05) is 30.0 Å². The summed E-state index contributed by atoms with van der Waals surface area (Å²) in [7, 11) is 0. The summed E-state index contributed by atoms with van der Waals surface area (Å²) in [6, 6.07) is 5.46. The maximum absolute atomic E-state index is 13.1. The van der Waals surface area contributed by atoms with Crippen LogP contribution in [0.4, 0.5) is 5.82 Å². The van der Waals surface area contributed by atoms with Crippen LogP contribution in [0.2, 0.25) is 0 Å². The molecule has 152 valence electrons. The lowest BCUT2D eigenvalue weighted by atomic mass is 10.2. The number of fused-ring (bicyclic) bond motifs is 1. The van der Waals surface area contributed by atoms with Crippen LogP contribution in [0.25, 0.3) is 11.7 Å². The number of aromatic nitrogens is 2. The second-order valence-electron chi connectivity index (χ2n) is 7.33. The molecule has 2 aliphatic rings. The highest BCUT2D eigenvalue weighted by Gasteiger charge is 2.35. The third-order valence-corrected chi connectivity index (χ3v) is 6.13. The zero-order chi connectivity index (χ0) is 20.5. The van der Waals surface area contributed by atoms with E-state index in [-0.39, 0.29) is 23.6 Å². The molecule has 29 heavy (non-hydrogen) atoms. The minimum atomic E-state index is -0.233. The van der Waals surface area contributed by atoms with E-state index in [1.165, 1.54) is 16.2 Å². The van der Waals surface area contributed by atoms with E-state index in [2.05, 4.69) is 10.3 Å². The number of carbonyl (C=O) groups excluding carboxylic acids is 1. The molecule has 0 radical (unpaired) electrons. The highest BCUT2D eigenvalue weighted by atomic mass is 32.2. The number of ether oxygens (including phenoxy) is 1. The van der Waals surface area contributed by atoms with Gasteiger partial charge in [0.1, 0.15) is 15.8 Å². The van der Waals surface area contributed by atoms with E-state index in [0.717, 1.165) is 19.4 Å². The summed E-state index contributed by atoms with van der Waals surface area (Å²) in [5.41, 5.74) is 0.659. The minimum absolute atomic E-state index is 0.0166. The highest BCUT2D eigenvalue weighted by molar-refractivity contribution is 8.26. The largest absolute Gasteiger partial charge is 0.376 e. The lowest BCUT2D eigenvalue weighted by Gasteiger charge is -2.18. The Hall–Kier alpha value is -2.23. The van der Waals surface area contributed by atoms with Crippen LogP contribution in [0.5, 0.6) is 0 Å². The molecule has 9 heteroatoms. The van der Waals surface area contributed by atoms with Gasteiger partial charge < -0.3 is 10.1 Å². The summed E-state index contributed by atoms with van der Waals surface area (Å²) in [5, 5.41) is 3.22. The topological polar surface area (TPSA) is 75.9 Å². The van der Waals surface area contributed by atoms with Crippen LogP contribution in [0.1, 0.15) is 32.3 Å². The smallest absolute Gasteiger partial charge is 0.267 e. The van der Waals surface area contributed by atoms with Crippen molar-refractivity contribution in [3.63, 3.8) is 0 Å². The van der Waals surface area contributed by atoms with Gasteiger partial charge in [-0.25, -0.2) is 4.98 Å². The Labute approximate surface area is 178 Å². The minimum Gasteiger partial charge on any atom is -0.376 e. The van der Waals surface area contributed by atoms with Gasteiger partial charge in [-0.2, -0.15) is 0 Å². The average molecular weight is 431 g/mol. The summed E-state index contributed by atoms with van der Waals surface area (Å²) >= 11 is 6.63. The molecule has 2 saturated heterocycles. The molecule has 1 N–H and O–H groups in total. The Kier molecular flexibility index (Phi) is 5.71. The number of rotatable bonds is 5. The van der Waals surface area contributed by atoms with Gasteiger partial charge in [0.05, 0.1) is 23.1 Å². The number of pyridine rings is 1. The van der Waals surface area contributed by atoms with Gasteiger partial charge in [-0.15, -0.1) is 0 Å². The summed E-state index contributed by atoms with van der Waals surface area (Å²) < 4.78 is 7.61. The van der Waals surface area contributed by atoms with Crippen LogP contribution in [0, 0.1) is 0 Å². The zero-order valence-electron chi connectivity index (χ0n) is 16.3. The van der Waals surface area contributed by atoms with Gasteiger partial charge >= 0.3 is 0 Å². The summed E-state index contributed by atoms with van der Waals surface area (Å²) in [6.07, 6.45) is 5.22. The SMILES string of the molecule is CC(C)Nc1nc2ccccn2c(=O)c1/C=C1\SC(=S)N(CC2CCCO2)C1=O. The molecule has 2 aliphatic heterocycles. The second-order valence-corrected chi connectivity index (χ2v) is 9.01. The first-order chi connectivity index (χ1) is 13.9. The van der Waals surface area contributed by atoms with Crippen molar-refractivity contribution in [1.82, 2.24) is 14.3 Å². The maximum atomic E-state index is 13.1. The summed E-state index contributed by atoms with van der Waals surface area (Å²) in [6.45, 7) is 5.12. The zero-order valence-corrected chi connectivity index (χ0v) is 17.9. The molecule has 0 aliphatic carbocycles. The molecule has 0 bridgehead atoms. The van der Waals surface area contributed by atoms with Gasteiger partial charge in [0.2, 0.25) is 0 Å². The average Bonchev–Trinajstić information content (AvgIpc) is 3.28. The van der Waals surface area contributed by atoms with Gasteiger partial charge in [-0.05, 0) is 44.9 Å². The van der Waals surface area contributed by atoms with Gasteiger partial charge in [0, 0.05) is 18.8 Å². The molecule has 1 amide bonds. The van der Waals surface area contributed by atoms with E-state index in [1.807, 2.05) is 19.9 Å². The van der Waals surface area contributed by atoms with E-state index in [1.54, 1.807) is 29.3 Å². The van der Waals surface area contributed by atoms with Crippen molar-refractivity contribution in [2.75, 3.05) is 18.5 Å². The molecule has 0 saturated carbocycles. The van der Waals surface area contributed by atoms with Crippen molar-refractivity contribution >= 4 is 51.7 Å². The standard InChI is InChI=1S/C20H22N4O3S2/c1-12(2)21-17-14(18(25)23-8-4-3-7-16(23)22-17)10-15-19(26)24(20(28)29-15)11-13-6-5-9-27-13/h3-4,7-8,10,12-13,21H,5-6,9,11H2,1-2H3/b15-10-.